The van der Waals surface area contributed by atoms with Crippen LogP contribution in [0.4, 0.5) is 0 Å². The number of fused-ring (bicyclic) bond motifs is 1. The zero-order valence-corrected chi connectivity index (χ0v) is 9.52. The Morgan fingerprint density at radius 1 is 1.07 bits per heavy atom. The van der Waals surface area contributed by atoms with Crippen molar-refractivity contribution in [3.63, 3.8) is 0 Å². The van der Waals surface area contributed by atoms with Gasteiger partial charge < -0.3 is 0 Å². The number of hydrogen-bond acceptors (Lipinski definition) is 0. The van der Waals surface area contributed by atoms with Gasteiger partial charge in [-0.1, -0.05) is 37.6 Å². The van der Waals surface area contributed by atoms with Crippen molar-refractivity contribution >= 4 is 6.08 Å². The maximum Gasteiger partial charge on any atom is -0.00552 e. The summed E-state index contributed by atoms with van der Waals surface area (Å²) in [7, 11) is 0. The van der Waals surface area contributed by atoms with Crippen molar-refractivity contribution in [2.45, 2.75) is 34.1 Å². The van der Waals surface area contributed by atoms with Crippen molar-refractivity contribution in [3.05, 3.63) is 40.0 Å². The fourth-order valence-electron chi connectivity index (χ4n) is 2.03. The molecular weight excluding hydrogens is 168 g/mol. The molecule has 0 bridgehead atoms. The lowest BCUT2D eigenvalue weighted by atomic mass is 9.99. The summed E-state index contributed by atoms with van der Waals surface area (Å²) in [4.78, 5) is 0. The van der Waals surface area contributed by atoms with Gasteiger partial charge in [0.2, 0.25) is 0 Å². The minimum atomic E-state index is 0.683. The first-order chi connectivity index (χ1) is 6.58. The van der Waals surface area contributed by atoms with Crippen LogP contribution in [0, 0.1) is 19.8 Å². The normalized spacial score (nSPS) is 14.5. The lowest BCUT2D eigenvalue weighted by Crippen LogP contribution is -1.93. The summed E-state index contributed by atoms with van der Waals surface area (Å²) in [6.07, 6.45) is 3.53. The predicted octanol–water partition coefficient (Wildman–Crippen LogP) is 3.90. The highest BCUT2D eigenvalue weighted by atomic mass is 14.2. The zero-order chi connectivity index (χ0) is 10.3. The third kappa shape index (κ3) is 1.50. The van der Waals surface area contributed by atoms with Gasteiger partial charge in [0, 0.05) is 0 Å². The van der Waals surface area contributed by atoms with E-state index in [9.17, 15) is 0 Å². The Hall–Kier alpha value is -1.04. The molecule has 0 heterocycles. The molecule has 0 saturated heterocycles. The van der Waals surface area contributed by atoms with Gasteiger partial charge in [0.1, 0.15) is 0 Å². The van der Waals surface area contributed by atoms with Gasteiger partial charge in [-0.05, 0) is 48.4 Å². The van der Waals surface area contributed by atoms with E-state index >= 15 is 0 Å². The summed E-state index contributed by atoms with van der Waals surface area (Å²) in [5, 5.41) is 0. The maximum atomic E-state index is 2.37. The van der Waals surface area contributed by atoms with Crippen LogP contribution in [0.5, 0.6) is 0 Å². The molecule has 1 aromatic rings. The Morgan fingerprint density at radius 3 is 2.36 bits per heavy atom. The molecule has 0 nitrogen and oxygen atoms in total. The molecule has 1 aliphatic carbocycles. The molecule has 0 aromatic heterocycles. The van der Waals surface area contributed by atoms with Gasteiger partial charge in [0.05, 0.1) is 0 Å². The fraction of sp³-hybridized carbons (Fsp3) is 0.429. The lowest BCUT2D eigenvalue weighted by Gasteiger charge is -2.06. The standard InChI is InChI=1S/C14H18/c1-9(2)12-7-13-5-10(3)11(4)6-14(13)8-12/h5-7,9H,8H2,1-4H3. The first-order valence-corrected chi connectivity index (χ1v) is 5.38. The van der Waals surface area contributed by atoms with Crippen molar-refractivity contribution in [2.75, 3.05) is 0 Å². The predicted molar refractivity (Wildman–Crippen MR) is 62.4 cm³/mol. The molecule has 1 aliphatic rings. The minimum absolute atomic E-state index is 0.683. The first kappa shape index (κ1) is 9.51. The van der Waals surface area contributed by atoms with Crippen molar-refractivity contribution in [2.24, 2.45) is 5.92 Å². The average Bonchev–Trinajstić information content (AvgIpc) is 2.48. The van der Waals surface area contributed by atoms with Crippen LogP contribution in [0.1, 0.15) is 36.1 Å². The van der Waals surface area contributed by atoms with Crippen LogP contribution in [0.2, 0.25) is 0 Å². The van der Waals surface area contributed by atoms with Crippen LogP contribution in [0.25, 0.3) is 6.08 Å². The number of allylic oxidation sites excluding steroid dienone is 1. The Bertz CT molecular complexity index is 395. The largest absolute Gasteiger partial charge is 0.0626 e. The van der Waals surface area contributed by atoms with Crippen LogP contribution in [0.3, 0.4) is 0 Å². The Balaban J connectivity index is 2.42. The molecule has 0 saturated carbocycles. The van der Waals surface area contributed by atoms with E-state index in [1.54, 1.807) is 5.57 Å². The molecule has 0 radical (unpaired) electrons. The molecule has 0 amide bonds. The molecule has 14 heavy (non-hydrogen) atoms. The van der Waals surface area contributed by atoms with Gasteiger partial charge in [-0.15, -0.1) is 0 Å². The summed E-state index contributed by atoms with van der Waals surface area (Å²) >= 11 is 0. The summed E-state index contributed by atoms with van der Waals surface area (Å²) in [6, 6.07) is 4.66. The van der Waals surface area contributed by atoms with Crippen molar-refractivity contribution in [1.82, 2.24) is 0 Å². The fourth-order valence-corrected chi connectivity index (χ4v) is 2.03. The topological polar surface area (TPSA) is 0 Å². The molecule has 0 aliphatic heterocycles. The Labute approximate surface area is 86.7 Å². The van der Waals surface area contributed by atoms with Crippen molar-refractivity contribution in [3.8, 4) is 0 Å². The van der Waals surface area contributed by atoms with Crippen LogP contribution in [-0.4, -0.2) is 0 Å². The smallest absolute Gasteiger partial charge is 0.00552 e. The third-order valence-corrected chi connectivity index (χ3v) is 3.23. The highest BCUT2D eigenvalue weighted by Crippen LogP contribution is 2.30. The van der Waals surface area contributed by atoms with Crippen LogP contribution in [-0.2, 0) is 6.42 Å². The quantitative estimate of drug-likeness (QED) is 0.624. The summed E-state index contributed by atoms with van der Waals surface area (Å²) in [5.74, 6) is 0.683. The van der Waals surface area contributed by atoms with Crippen LogP contribution in [0.15, 0.2) is 17.7 Å². The molecule has 0 heteroatoms. The van der Waals surface area contributed by atoms with Crippen LogP contribution >= 0.6 is 0 Å². The van der Waals surface area contributed by atoms with E-state index in [4.69, 9.17) is 0 Å². The van der Waals surface area contributed by atoms with E-state index < -0.39 is 0 Å². The van der Waals surface area contributed by atoms with Gasteiger partial charge >= 0.3 is 0 Å². The maximum absolute atomic E-state index is 2.37. The summed E-state index contributed by atoms with van der Waals surface area (Å²) < 4.78 is 0. The molecule has 0 N–H and O–H groups in total. The van der Waals surface area contributed by atoms with Gasteiger partial charge in [-0.3, -0.25) is 0 Å². The van der Waals surface area contributed by atoms with Gasteiger partial charge in [-0.2, -0.15) is 0 Å². The molecule has 0 unspecified atom stereocenters. The number of benzene rings is 1. The van der Waals surface area contributed by atoms with E-state index in [0.29, 0.717) is 5.92 Å². The molecule has 0 fully saturated rings. The average molecular weight is 186 g/mol. The van der Waals surface area contributed by atoms with Crippen molar-refractivity contribution < 1.29 is 0 Å². The monoisotopic (exact) mass is 186 g/mol. The van der Waals surface area contributed by atoms with E-state index in [1.165, 1.54) is 22.3 Å². The number of rotatable bonds is 1. The van der Waals surface area contributed by atoms with Crippen molar-refractivity contribution in [1.29, 1.82) is 0 Å². The molecule has 2 rings (SSSR count). The summed E-state index contributed by atoms with van der Waals surface area (Å²) in [6.45, 7) is 8.94. The highest BCUT2D eigenvalue weighted by Gasteiger charge is 2.15. The highest BCUT2D eigenvalue weighted by molar-refractivity contribution is 5.65. The molecule has 1 aromatic carbocycles. The lowest BCUT2D eigenvalue weighted by molar-refractivity contribution is 0.754. The first-order valence-electron chi connectivity index (χ1n) is 5.38. The zero-order valence-electron chi connectivity index (χ0n) is 9.52. The SMILES string of the molecule is Cc1cc2c(cc1C)CC(C(C)C)=C2. The minimum Gasteiger partial charge on any atom is -0.0626 e. The number of aryl methyl sites for hydroxylation is 2. The number of hydrogen-bond donors (Lipinski definition) is 0. The van der Waals surface area contributed by atoms with Gasteiger partial charge in [0.25, 0.3) is 0 Å². The van der Waals surface area contributed by atoms with E-state index in [0.717, 1.165) is 6.42 Å². The summed E-state index contributed by atoms with van der Waals surface area (Å²) in [5.41, 5.74) is 7.35. The molecular formula is C14H18. The van der Waals surface area contributed by atoms with Crippen LogP contribution < -0.4 is 0 Å². The van der Waals surface area contributed by atoms with E-state index in [1.807, 2.05) is 0 Å². The molecule has 0 spiro atoms. The van der Waals surface area contributed by atoms with E-state index in [2.05, 4.69) is 45.9 Å². The molecule has 0 atom stereocenters. The second-order valence-electron chi connectivity index (χ2n) is 4.69. The third-order valence-electron chi connectivity index (χ3n) is 3.23. The second kappa shape index (κ2) is 3.27. The van der Waals surface area contributed by atoms with E-state index in [-0.39, 0.29) is 0 Å². The molecule has 74 valence electrons. The second-order valence-corrected chi connectivity index (χ2v) is 4.69. The van der Waals surface area contributed by atoms with Gasteiger partial charge in [-0.25, -0.2) is 0 Å². The van der Waals surface area contributed by atoms with Gasteiger partial charge in [0.15, 0.2) is 0 Å². The Morgan fingerprint density at radius 2 is 1.71 bits per heavy atom. The Kier molecular flexibility index (Phi) is 2.22.